The number of rotatable bonds is 23. The number of aryl methyl sites for hydroxylation is 1. The summed E-state index contributed by atoms with van der Waals surface area (Å²) < 4.78 is 21.0. The lowest BCUT2D eigenvalue weighted by Gasteiger charge is -2.13. The Morgan fingerprint density at radius 2 is 1.11 bits per heavy atom. The van der Waals surface area contributed by atoms with Gasteiger partial charge in [0.05, 0.1) is 13.1 Å². The van der Waals surface area contributed by atoms with E-state index in [4.69, 9.17) is 10.5 Å². The summed E-state index contributed by atoms with van der Waals surface area (Å²) in [5.41, 5.74) is 8.68. The topological polar surface area (TPSA) is 212 Å². The van der Waals surface area contributed by atoms with E-state index in [0.717, 1.165) is 23.6 Å². The van der Waals surface area contributed by atoms with Gasteiger partial charge in [-0.15, -0.1) is 0 Å². The number of ether oxygens (including phenoxy) is 4. The second-order valence-corrected chi connectivity index (χ2v) is 14.0. The van der Waals surface area contributed by atoms with Crippen LogP contribution in [0, 0.1) is 0 Å². The Balaban J connectivity index is 0.000000904. The van der Waals surface area contributed by atoms with E-state index in [1.807, 2.05) is 24.5 Å². The second-order valence-electron chi connectivity index (χ2n) is 14.0. The predicted octanol–water partition coefficient (Wildman–Crippen LogP) is 3.81. The number of epoxide rings is 1. The van der Waals surface area contributed by atoms with Crippen molar-refractivity contribution in [2.75, 3.05) is 36.1 Å². The largest absolute Gasteiger partial charge is 1.00 e. The molecule has 1 saturated heterocycles. The van der Waals surface area contributed by atoms with Crippen molar-refractivity contribution in [2.45, 2.75) is 117 Å². The van der Waals surface area contributed by atoms with E-state index in [1.165, 1.54) is 71.1 Å². The Morgan fingerprint density at radius 3 is 1.49 bits per heavy atom. The first-order valence-corrected chi connectivity index (χ1v) is 20.3. The number of hydrogen-bond donors (Lipinski definition) is 5. The first-order chi connectivity index (χ1) is 28.7. The number of carbonyl (C=O) groups excluding carboxylic acids is 3. The number of halogens is 1. The first-order valence-electron chi connectivity index (χ1n) is 20.3. The molecule has 3 aromatic heterocycles. The Labute approximate surface area is 372 Å². The normalized spacial score (nSPS) is 12.9. The minimum atomic E-state index is -1.20. The van der Waals surface area contributed by atoms with Crippen molar-refractivity contribution in [2.24, 2.45) is 0 Å². The average molecular weight is 916 g/mol. The van der Waals surface area contributed by atoms with E-state index >= 15 is 0 Å². The van der Waals surface area contributed by atoms with Crippen molar-refractivity contribution in [3.63, 3.8) is 0 Å². The fourth-order valence-corrected chi connectivity index (χ4v) is 4.61. The maximum atomic E-state index is 11.3. The van der Waals surface area contributed by atoms with E-state index in [2.05, 4.69) is 66.0 Å². The van der Waals surface area contributed by atoms with Crippen molar-refractivity contribution in [1.29, 1.82) is 0 Å². The van der Waals surface area contributed by atoms with Gasteiger partial charge < -0.3 is 62.5 Å². The van der Waals surface area contributed by atoms with Crippen LogP contribution in [0.2, 0.25) is 0 Å². The number of unbranched alkanes of at least 4 members (excludes halogenated alkanes) is 9. The zero-order chi connectivity index (χ0) is 44.5. The summed E-state index contributed by atoms with van der Waals surface area (Å²) in [6.45, 7) is 19.0. The Bertz CT molecular complexity index is 1680. The van der Waals surface area contributed by atoms with Crippen LogP contribution in [0.3, 0.4) is 0 Å². The number of carbonyl (C=O) groups is 3. The summed E-state index contributed by atoms with van der Waals surface area (Å²) >= 11 is 0. The highest BCUT2D eigenvalue weighted by Gasteiger charge is 2.27. The molecule has 4 rings (SSSR count). The molecule has 0 aromatic carbocycles. The van der Waals surface area contributed by atoms with Crippen LogP contribution < -0.4 is 37.9 Å². The fourth-order valence-electron chi connectivity index (χ4n) is 4.61. The quantitative estimate of drug-likeness (QED) is 0.0174. The predicted molar refractivity (Wildman–Crippen MR) is 233 cm³/mol. The first kappa shape index (κ1) is 55.8. The van der Waals surface area contributed by atoms with Crippen molar-refractivity contribution in [1.82, 2.24) is 9.97 Å². The molecule has 3 atom stereocenters. The van der Waals surface area contributed by atoms with Gasteiger partial charge in [0.15, 0.2) is 12.4 Å². The van der Waals surface area contributed by atoms with E-state index in [-0.39, 0.29) is 53.5 Å². The third-order valence-electron chi connectivity index (χ3n) is 8.08. The zero-order valence-electron chi connectivity index (χ0n) is 36.2. The minimum absolute atomic E-state index is 0. The summed E-state index contributed by atoms with van der Waals surface area (Å²) in [7, 11) is 0. The molecule has 1 aliphatic rings. The summed E-state index contributed by atoms with van der Waals surface area (Å²) in [4.78, 5) is 40.6. The molecular weight excluding hydrogens is 848 g/mol. The number of aromatic nitrogens is 3. The molecule has 16 heteroatoms. The number of aliphatic hydroxyl groups excluding tert-OH is 2. The number of nitrogen functional groups attached to an aromatic ring is 1. The number of pyridine rings is 3. The van der Waals surface area contributed by atoms with Gasteiger partial charge in [0, 0.05) is 77.1 Å². The van der Waals surface area contributed by atoms with Gasteiger partial charge in [-0.3, -0.25) is 9.97 Å². The van der Waals surface area contributed by atoms with Crippen LogP contribution in [0.4, 0.5) is 17.1 Å². The number of aliphatic hydroxyl groups is 2. The van der Waals surface area contributed by atoms with Gasteiger partial charge in [0.2, 0.25) is 18.9 Å². The SMILES string of the molecule is C=C(C)C(=O)OC(O)CNc1cc[n+](CCCCCCCCCCCC)cc1.C=C(C)C(=O)OC(O)CNc1ccncc1.C=C(C)C(=O)OC1CO1.Nc1ccncc1.[Br-]. The molecule has 0 radical (unpaired) electrons. The van der Waals surface area contributed by atoms with Gasteiger partial charge in [0.1, 0.15) is 13.2 Å². The van der Waals surface area contributed by atoms with Crippen molar-refractivity contribution in [3.8, 4) is 0 Å². The summed E-state index contributed by atoms with van der Waals surface area (Å²) in [6.07, 6.45) is 21.4. The molecule has 61 heavy (non-hydrogen) atoms. The molecule has 3 aromatic rings. The molecule has 4 heterocycles. The standard InChI is InChI=1S/C23H38N2O3.C11H14N2O3.C6H8O3.C5H6N2.BrH/c1-4-5-6-7-8-9-10-11-12-13-16-25-17-14-21(15-18-25)24-19-22(26)28-23(27)20(2)3;1-8(2)11(15)16-10(14)7-13-9-3-5-12-6-4-9;1-4(2)6(7)9-5-3-8-5;6-5-1-3-7-4-2-5;/h14-15,17-18,22,26H,2,4-13,16,19H2,1,3H3;3-6,10,14H,1,7H2,2H3,(H,12,13);5H,1,3H2,2H3;1-4H,(H2,6,7);1H. The van der Waals surface area contributed by atoms with E-state index in [9.17, 15) is 24.6 Å². The zero-order valence-corrected chi connectivity index (χ0v) is 37.8. The van der Waals surface area contributed by atoms with Crippen LogP contribution in [0.1, 0.15) is 91.9 Å². The van der Waals surface area contributed by atoms with Crippen molar-refractivity contribution in [3.05, 3.63) is 110 Å². The third-order valence-corrected chi connectivity index (χ3v) is 8.08. The highest BCUT2D eigenvalue weighted by molar-refractivity contribution is 5.87. The fraction of sp³-hybridized carbons (Fsp3) is 0.467. The number of anilines is 3. The monoisotopic (exact) mass is 914 g/mol. The molecule has 1 fully saturated rings. The summed E-state index contributed by atoms with van der Waals surface area (Å²) in [5.74, 6) is -1.57. The van der Waals surface area contributed by atoms with Crippen LogP contribution in [-0.4, -0.2) is 76.7 Å². The molecule has 0 aliphatic carbocycles. The molecule has 0 saturated carbocycles. The summed E-state index contributed by atoms with van der Waals surface area (Å²) in [5, 5.41) is 25.0. The van der Waals surface area contributed by atoms with Crippen LogP contribution >= 0.6 is 0 Å². The van der Waals surface area contributed by atoms with Gasteiger partial charge in [-0.05, 0) is 51.5 Å². The molecule has 0 spiro atoms. The lowest BCUT2D eigenvalue weighted by atomic mass is 10.1. The summed E-state index contributed by atoms with van der Waals surface area (Å²) in [6, 6.07) is 10.9. The lowest BCUT2D eigenvalue weighted by Crippen LogP contribution is -3.00. The maximum absolute atomic E-state index is 11.3. The molecule has 338 valence electrons. The second kappa shape index (κ2) is 34.5. The van der Waals surface area contributed by atoms with Gasteiger partial charge >= 0.3 is 17.9 Å². The van der Waals surface area contributed by atoms with Crippen LogP contribution in [0.25, 0.3) is 0 Å². The van der Waals surface area contributed by atoms with Crippen LogP contribution in [0.15, 0.2) is 110 Å². The number of nitrogens with two attached hydrogens (primary N) is 1. The highest BCUT2D eigenvalue weighted by atomic mass is 79.9. The number of esters is 3. The highest BCUT2D eigenvalue weighted by Crippen LogP contribution is 2.12. The van der Waals surface area contributed by atoms with Gasteiger partial charge in [-0.2, -0.15) is 0 Å². The Kier molecular flexibility index (Phi) is 31.6. The van der Waals surface area contributed by atoms with Crippen LogP contribution in [0.5, 0.6) is 0 Å². The smallest absolute Gasteiger partial charge is 0.335 e. The molecule has 3 unspecified atom stereocenters. The molecule has 0 amide bonds. The Morgan fingerprint density at radius 1 is 0.721 bits per heavy atom. The van der Waals surface area contributed by atoms with Gasteiger partial charge in [-0.1, -0.05) is 78.0 Å². The number of nitrogens with one attached hydrogen (secondary N) is 2. The lowest BCUT2D eigenvalue weighted by molar-refractivity contribution is -0.697. The number of hydrogen-bond acceptors (Lipinski definition) is 14. The van der Waals surface area contributed by atoms with Gasteiger partial charge in [0.25, 0.3) is 0 Å². The number of nitrogens with zero attached hydrogens (tertiary/aromatic N) is 3. The van der Waals surface area contributed by atoms with E-state index < -0.39 is 24.5 Å². The Hall–Kier alpha value is -5.16. The molecule has 0 bridgehead atoms. The molecule has 15 nitrogen and oxygen atoms in total. The van der Waals surface area contributed by atoms with E-state index in [1.54, 1.807) is 62.9 Å². The molecular formula is C45H67BrN6O9. The molecule has 6 N–H and O–H groups in total. The van der Waals surface area contributed by atoms with Gasteiger partial charge in [-0.25, -0.2) is 19.0 Å². The maximum Gasteiger partial charge on any atom is 0.335 e. The van der Waals surface area contributed by atoms with Crippen molar-refractivity contribution < 1.29 is 65.1 Å². The molecule has 1 aliphatic heterocycles. The minimum Gasteiger partial charge on any atom is -1.00 e. The third kappa shape index (κ3) is 31.4. The van der Waals surface area contributed by atoms with E-state index in [0.29, 0.717) is 12.2 Å². The van der Waals surface area contributed by atoms with Crippen LogP contribution in [-0.2, 0) is 39.9 Å². The average Bonchev–Trinajstić information content (AvgIpc) is 4.06. The van der Waals surface area contributed by atoms with Crippen molar-refractivity contribution >= 4 is 35.0 Å².